The van der Waals surface area contributed by atoms with Crippen molar-refractivity contribution < 1.29 is 18.0 Å². The van der Waals surface area contributed by atoms with Crippen molar-refractivity contribution >= 4 is 51.1 Å². The zero-order valence-electron chi connectivity index (χ0n) is 20.0. The van der Waals surface area contributed by atoms with Gasteiger partial charge >= 0.3 is 6.18 Å². The van der Waals surface area contributed by atoms with Crippen LogP contribution in [0.5, 0.6) is 0 Å². The monoisotopic (exact) mass is 518 g/mol. The molecule has 0 unspecified atom stereocenters. The van der Waals surface area contributed by atoms with E-state index in [0.717, 1.165) is 43.1 Å². The molecule has 2 N–H and O–H groups in total. The number of aryl methyl sites for hydroxylation is 2. The van der Waals surface area contributed by atoms with Crippen LogP contribution in [0.4, 0.5) is 47.0 Å². The van der Waals surface area contributed by atoms with Crippen LogP contribution in [0.15, 0.2) is 24.4 Å². The molecule has 0 bridgehead atoms. The Morgan fingerprint density at radius 3 is 2.61 bits per heavy atom. The number of carbonyl (C=O) groups excluding carboxylic acids is 1. The van der Waals surface area contributed by atoms with Gasteiger partial charge in [-0.25, -0.2) is 9.97 Å². The van der Waals surface area contributed by atoms with Crippen LogP contribution in [-0.4, -0.2) is 66.8 Å². The van der Waals surface area contributed by atoms with E-state index < -0.39 is 18.6 Å². The predicted molar refractivity (Wildman–Crippen MR) is 134 cm³/mol. The van der Waals surface area contributed by atoms with Gasteiger partial charge in [-0.05, 0) is 37.6 Å². The molecule has 4 heterocycles. The number of thiazole rings is 1. The normalized spacial score (nSPS) is 16.1. The Kier molecular flexibility index (Phi) is 6.20. The van der Waals surface area contributed by atoms with Gasteiger partial charge in [-0.1, -0.05) is 0 Å². The van der Waals surface area contributed by atoms with Crippen molar-refractivity contribution in [2.75, 3.05) is 59.8 Å². The summed E-state index contributed by atoms with van der Waals surface area (Å²) in [6.07, 6.45) is -3.36. The Balaban J connectivity index is 1.49. The number of carbonyl (C=O) groups is 1. The average Bonchev–Trinajstić information content (AvgIpc) is 3.22. The number of aromatic nitrogens is 3. The van der Waals surface area contributed by atoms with Crippen LogP contribution in [0.3, 0.4) is 0 Å². The Morgan fingerprint density at radius 2 is 1.92 bits per heavy atom. The molecule has 0 radical (unpaired) electrons. The number of nitrogens with one attached hydrogen (secondary N) is 2. The minimum Gasteiger partial charge on any atom is -0.369 e. The van der Waals surface area contributed by atoms with Crippen molar-refractivity contribution in [3.05, 3.63) is 40.7 Å². The highest BCUT2D eigenvalue weighted by Crippen LogP contribution is 2.42. The molecule has 13 heteroatoms. The molecule has 190 valence electrons. The molecule has 1 fully saturated rings. The fraction of sp³-hybridized carbons (Fsp3) is 0.391. The third-order valence-corrected chi connectivity index (χ3v) is 7.15. The summed E-state index contributed by atoms with van der Waals surface area (Å²) in [7, 11) is 1.66. The number of hydrogen-bond acceptors (Lipinski definition) is 9. The molecule has 1 saturated heterocycles. The maximum absolute atomic E-state index is 13.4. The first-order chi connectivity index (χ1) is 17.1. The molecule has 0 atom stereocenters. The SMILES string of the molecule is Cc1nc2c(s1)N(C)c1nc(Nc3ccc(N4CCNCC4)cc3C)ncc1N(CC(F)(F)F)C2=O. The number of amides is 1. The topological polar surface area (TPSA) is 89.5 Å². The van der Waals surface area contributed by atoms with Crippen molar-refractivity contribution in [3.8, 4) is 0 Å². The number of rotatable bonds is 4. The summed E-state index contributed by atoms with van der Waals surface area (Å²) in [6.45, 7) is 5.94. The number of piperazine rings is 1. The van der Waals surface area contributed by atoms with Crippen molar-refractivity contribution in [2.24, 2.45) is 0 Å². The Hall–Kier alpha value is -3.45. The first-order valence-corrected chi connectivity index (χ1v) is 12.2. The minimum atomic E-state index is -4.61. The van der Waals surface area contributed by atoms with Gasteiger partial charge in [0.15, 0.2) is 11.5 Å². The lowest BCUT2D eigenvalue weighted by Gasteiger charge is -2.30. The van der Waals surface area contributed by atoms with Crippen LogP contribution < -0.4 is 25.3 Å². The molecule has 2 aromatic heterocycles. The standard InChI is InChI=1S/C23H25F3N8OS/c1-13-10-15(33-8-6-27-7-9-33)4-5-16(13)30-22-28-11-17-19(31-22)32(3)21-18(29-14(2)36-21)20(35)34(17)12-23(24,25)26/h4-5,10-11,27H,6-9,12H2,1-3H3,(H,28,30,31). The second-order valence-electron chi connectivity index (χ2n) is 8.72. The second-order valence-corrected chi connectivity index (χ2v) is 9.90. The van der Waals surface area contributed by atoms with Crippen LogP contribution in [0.25, 0.3) is 0 Å². The first-order valence-electron chi connectivity index (χ1n) is 11.4. The predicted octanol–water partition coefficient (Wildman–Crippen LogP) is 3.99. The fourth-order valence-electron chi connectivity index (χ4n) is 4.34. The van der Waals surface area contributed by atoms with E-state index in [4.69, 9.17) is 0 Å². The third-order valence-electron chi connectivity index (χ3n) is 6.10. The number of hydrogen-bond donors (Lipinski definition) is 2. The number of anilines is 6. The highest BCUT2D eigenvalue weighted by Gasteiger charge is 2.40. The molecular formula is C23H25F3N8OS. The minimum absolute atomic E-state index is 0.0287. The summed E-state index contributed by atoms with van der Waals surface area (Å²) in [4.78, 5) is 30.6. The van der Waals surface area contributed by atoms with Gasteiger partial charge in [0.1, 0.15) is 17.2 Å². The number of fused-ring (bicyclic) bond motifs is 2. The van der Waals surface area contributed by atoms with E-state index in [1.54, 1.807) is 18.9 Å². The van der Waals surface area contributed by atoms with E-state index in [1.165, 1.54) is 17.5 Å². The number of halogens is 3. The smallest absolute Gasteiger partial charge is 0.369 e. The van der Waals surface area contributed by atoms with E-state index in [2.05, 4.69) is 36.6 Å². The lowest BCUT2D eigenvalue weighted by atomic mass is 10.1. The average molecular weight is 519 g/mol. The highest BCUT2D eigenvalue weighted by molar-refractivity contribution is 7.16. The van der Waals surface area contributed by atoms with Crippen LogP contribution in [-0.2, 0) is 0 Å². The molecule has 36 heavy (non-hydrogen) atoms. The van der Waals surface area contributed by atoms with Crippen molar-refractivity contribution in [1.82, 2.24) is 20.3 Å². The molecule has 0 spiro atoms. The van der Waals surface area contributed by atoms with E-state index >= 15 is 0 Å². The van der Waals surface area contributed by atoms with E-state index in [-0.39, 0.29) is 23.1 Å². The molecule has 1 aromatic carbocycles. The molecule has 2 aliphatic rings. The van der Waals surface area contributed by atoms with Crippen LogP contribution >= 0.6 is 11.3 Å². The van der Waals surface area contributed by atoms with Gasteiger partial charge < -0.3 is 20.4 Å². The van der Waals surface area contributed by atoms with Crippen LogP contribution in [0.2, 0.25) is 0 Å². The summed E-state index contributed by atoms with van der Waals surface area (Å²) < 4.78 is 40.2. The second kappa shape index (κ2) is 9.21. The van der Waals surface area contributed by atoms with E-state index in [1.807, 2.05) is 19.1 Å². The summed E-state index contributed by atoms with van der Waals surface area (Å²) in [6, 6.07) is 6.04. The van der Waals surface area contributed by atoms with Gasteiger partial charge in [-0.15, -0.1) is 11.3 Å². The van der Waals surface area contributed by atoms with Crippen molar-refractivity contribution in [3.63, 3.8) is 0 Å². The highest BCUT2D eigenvalue weighted by atomic mass is 32.1. The van der Waals surface area contributed by atoms with Gasteiger partial charge in [0, 0.05) is 44.6 Å². The zero-order chi connectivity index (χ0) is 25.6. The van der Waals surface area contributed by atoms with Gasteiger partial charge in [-0.3, -0.25) is 9.69 Å². The summed E-state index contributed by atoms with van der Waals surface area (Å²) in [5.74, 6) is -0.439. The van der Waals surface area contributed by atoms with Crippen LogP contribution in [0.1, 0.15) is 21.1 Å². The molecule has 3 aromatic rings. The van der Waals surface area contributed by atoms with Crippen molar-refractivity contribution in [1.29, 1.82) is 0 Å². The third kappa shape index (κ3) is 4.67. The van der Waals surface area contributed by atoms with Crippen molar-refractivity contribution in [2.45, 2.75) is 20.0 Å². The maximum atomic E-state index is 13.4. The zero-order valence-corrected chi connectivity index (χ0v) is 20.8. The number of alkyl halides is 3. The number of nitrogens with zero attached hydrogens (tertiary/aromatic N) is 6. The summed E-state index contributed by atoms with van der Waals surface area (Å²) in [5, 5.41) is 7.52. The van der Waals surface area contributed by atoms with Gasteiger partial charge in [-0.2, -0.15) is 18.2 Å². The summed E-state index contributed by atoms with van der Waals surface area (Å²) >= 11 is 1.22. The molecular weight excluding hydrogens is 493 g/mol. The fourth-order valence-corrected chi connectivity index (χ4v) is 5.21. The summed E-state index contributed by atoms with van der Waals surface area (Å²) in [5.41, 5.74) is 2.82. The lowest BCUT2D eigenvalue weighted by Crippen LogP contribution is -2.43. The first kappa shape index (κ1) is 24.3. The molecule has 0 saturated carbocycles. The van der Waals surface area contributed by atoms with Gasteiger partial charge in [0.2, 0.25) is 5.95 Å². The molecule has 9 nitrogen and oxygen atoms in total. The van der Waals surface area contributed by atoms with Gasteiger partial charge in [0.25, 0.3) is 5.91 Å². The number of benzene rings is 1. The largest absolute Gasteiger partial charge is 0.406 e. The Morgan fingerprint density at radius 1 is 1.17 bits per heavy atom. The lowest BCUT2D eigenvalue weighted by molar-refractivity contribution is -0.118. The molecule has 1 amide bonds. The Labute approximate surface area is 210 Å². The molecule has 0 aliphatic carbocycles. The van der Waals surface area contributed by atoms with Gasteiger partial charge in [0.05, 0.1) is 11.2 Å². The van der Waals surface area contributed by atoms with E-state index in [0.29, 0.717) is 14.9 Å². The maximum Gasteiger partial charge on any atom is 0.406 e. The Bertz CT molecular complexity index is 1300. The molecule has 5 rings (SSSR count). The van der Waals surface area contributed by atoms with Crippen LogP contribution in [0, 0.1) is 13.8 Å². The quantitative estimate of drug-likeness (QED) is 0.536. The van der Waals surface area contributed by atoms with E-state index in [9.17, 15) is 18.0 Å². The molecule has 2 aliphatic heterocycles.